The van der Waals surface area contributed by atoms with Gasteiger partial charge in [-0.25, -0.2) is 4.79 Å². The molecular weight excluding hydrogens is 266 g/mol. The zero-order valence-electron chi connectivity index (χ0n) is 12.0. The molecule has 0 bridgehead atoms. The summed E-state index contributed by atoms with van der Waals surface area (Å²) >= 11 is 0. The number of nitrogens with zero attached hydrogens (tertiary/aromatic N) is 1. The van der Waals surface area contributed by atoms with Crippen LogP contribution >= 0.6 is 0 Å². The van der Waals surface area contributed by atoms with E-state index in [9.17, 15) is 9.59 Å². The van der Waals surface area contributed by atoms with E-state index in [0.29, 0.717) is 25.2 Å². The number of carbonyl (C=O) groups excluding carboxylic acids is 2. The van der Waals surface area contributed by atoms with Crippen LogP contribution in [0.1, 0.15) is 23.2 Å². The van der Waals surface area contributed by atoms with Crippen molar-refractivity contribution in [3.05, 3.63) is 48.6 Å². The average Bonchev–Trinajstić information content (AvgIpc) is 2.54. The summed E-state index contributed by atoms with van der Waals surface area (Å²) in [6.45, 7) is 5.36. The van der Waals surface area contributed by atoms with E-state index in [-0.39, 0.29) is 18.0 Å². The van der Waals surface area contributed by atoms with Crippen LogP contribution in [-0.2, 0) is 0 Å². The summed E-state index contributed by atoms with van der Waals surface area (Å²) < 4.78 is 0. The number of amides is 3. The summed E-state index contributed by atoms with van der Waals surface area (Å²) in [6.07, 6.45) is 3.21. The van der Waals surface area contributed by atoms with Gasteiger partial charge in [0.1, 0.15) is 0 Å². The Morgan fingerprint density at radius 1 is 1.24 bits per heavy atom. The van der Waals surface area contributed by atoms with E-state index >= 15 is 0 Å². The van der Waals surface area contributed by atoms with Gasteiger partial charge in [-0.2, -0.15) is 0 Å². The molecule has 1 heterocycles. The molecule has 1 aliphatic heterocycles. The molecule has 3 amide bonds. The number of likely N-dealkylation sites (tertiary alicyclic amines) is 1. The lowest BCUT2D eigenvalue weighted by Gasteiger charge is -2.32. The van der Waals surface area contributed by atoms with Crippen molar-refractivity contribution in [3.63, 3.8) is 0 Å². The van der Waals surface area contributed by atoms with Crippen LogP contribution in [-0.4, -0.2) is 42.5 Å². The van der Waals surface area contributed by atoms with Crippen LogP contribution in [0.3, 0.4) is 0 Å². The first kappa shape index (κ1) is 15.1. The maximum absolute atomic E-state index is 12.1. The standard InChI is InChI=1S/C16H21N3O2/c1-2-10-17-16(21)19-11-8-14(9-12-19)18-15(20)13-6-4-3-5-7-13/h2-7,14H,1,8-12H2,(H,17,21)(H,18,20). The zero-order valence-corrected chi connectivity index (χ0v) is 12.0. The van der Waals surface area contributed by atoms with Crippen molar-refractivity contribution in [2.24, 2.45) is 0 Å². The summed E-state index contributed by atoms with van der Waals surface area (Å²) in [5.41, 5.74) is 0.670. The van der Waals surface area contributed by atoms with Gasteiger partial charge in [0.05, 0.1) is 0 Å². The highest BCUT2D eigenvalue weighted by molar-refractivity contribution is 5.94. The van der Waals surface area contributed by atoms with Gasteiger partial charge in [0, 0.05) is 31.2 Å². The fraction of sp³-hybridized carbons (Fsp3) is 0.375. The third-order valence-corrected chi connectivity index (χ3v) is 3.55. The number of hydrogen-bond acceptors (Lipinski definition) is 2. The van der Waals surface area contributed by atoms with Crippen LogP contribution in [0, 0.1) is 0 Å². The molecule has 0 radical (unpaired) electrons. The molecule has 21 heavy (non-hydrogen) atoms. The molecule has 5 heteroatoms. The second-order valence-electron chi connectivity index (χ2n) is 5.08. The molecule has 1 saturated heterocycles. The van der Waals surface area contributed by atoms with Crippen molar-refractivity contribution in [3.8, 4) is 0 Å². The Bertz CT molecular complexity index is 494. The largest absolute Gasteiger partial charge is 0.349 e. The molecule has 1 fully saturated rings. The van der Waals surface area contributed by atoms with Crippen molar-refractivity contribution in [1.29, 1.82) is 0 Å². The summed E-state index contributed by atoms with van der Waals surface area (Å²) in [5, 5.41) is 5.79. The summed E-state index contributed by atoms with van der Waals surface area (Å²) in [4.78, 5) is 25.6. The molecular formula is C16H21N3O2. The van der Waals surface area contributed by atoms with Crippen molar-refractivity contribution < 1.29 is 9.59 Å². The maximum atomic E-state index is 12.1. The van der Waals surface area contributed by atoms with E-state index in [1.807, 2.05) is 18.2 Å². The van der Waals surface area contributed by atoms with Gasteiger partial charge >= 0.3 is 6.03 Å². The monoisotopic (exact) mass is 287 g/mol. The van der Waals surface area contributed by atoms with Crippen LogP contribution in [0.4, 0.5) is 4.79 Å². The molecule has 5 nitrogen and oxygen atoms in total. The first-order chi connectivity index (χ1) is 10.2. The van der Waals surface area contributed by atoms with E-state index in [2.05, 4.69) is 17.2 Å². The molecule has 2 N–H and O–H groups in total. The van der Waals surface area contributed by atoms with E-state index in [1.54, 1.807) is 23.1 Å². The zero-order chi connectivity index (χ0) is 15.1. The van der Waals surface area contributed by atoms with Crippen LogP contribution in [0.5, 0.6) is 0 Å². The Hall–Kier alpha value is -2.30. The third-order valence-electron chi connectivity index (χ3n) is 3.55. The number of benzene rings is 1. The SMILES string of the molecule is C=CCNC(=O)N1CCC(NC(=O)c2ccccc2)CC1. The van der Waals surface area contributed by atoms with Gasteiger partial charge in [0.2, 0.25) is 0 Å². The Kier molecular flexibility index (Phi) is 5.37. The lowest BCUT2D eigenvalue weighted by atomic mass is 10.0. The summed E-state index contributed by atoms with van der Waals surface area (Å²) in [6, 6.07) is 9.24. The third kappa shape index (κ3) is 4.34. The fourth-order valence-corrected chi connectivity index (χ4v) is 2.36. The normalized spacial score (nSPS) is 15.3. The molecule has 1 aromatic carbocycles. The van der Waals surface area contributed by atoms with Crippen LogP contribution in [0.15, 0.2) is 43.0 Å². The highest BCUT2D eigenvalue weighted by atomic mass is 16.2. The molecule has 112 valence electrons. The number of hydrogen-bond donors (Lipinski definition) is 2. The lowest BCUT2D eigenvalue weighted by molar-refractivity contribution is 0.0918. The molecule has 0 unspecified atom stereocenters. The molecule has 2 rings (SSSR count). The van der Waals surface area contributed by atoms with Gasteiger partial charge < -0.3 is 15.5 Å². The van der Waals surface area contributed by atoms with E-state index in [0.717, 1.165) is 12.8 Å². The topological polar surface area (TPSA) is 61.4 Å². The second-order valence-corrected chi connectivity index (χ2v) is 5.08. The molecule has 0 aromatic heterocycles. The highest BCUT2D eigenvalue weighted by Crippen LogP contribution is 2.11. The first-order valence-corrected chi connectivity index (χ1v) is 7.20. The summed E-state index contributed by atoms with van der Waals surface area (Å²) in [5.74, 6) is -0.0508. The number of carbonyl (C=O) groups is 2. The predicted molar refractivity (Wildman–Crippen MR) is 82.1 cm³/mol. The molecule has 0 aliphatic carbocycles. The van der Waals surface area contributed by atoms with Crippen LogP contribution < -0.4 is 10.6 Å². The van der Waals surface area contributed by atoms with Crippen molar-refractivity contribution in [2.75, 3.05) is 19.6 Å². The van der Waals surface area contributed by atoms with Crippen molar-refractivity contribution in [2.45, 2.75) is 18.9 Å². The summed E-state index contributed by atoms with van der Waals surface area (Å²) in [7, 11) is 0. The first-order valence-electron chi connectivity index (χ1n) is 7.20. The van der Waals surface area contributed by atoms with Crippen molar-refractivity contribution in [1.82, 2.24) is 15.5 Å². The van der Waals surface area contributed by atoms with Crippen LogP contribution in [0.25, 0.3) is 0 Å². The average molecular weight is 287 g/mol. The Balaban J connectivity index is 1.78. The Morgan fingerprint density at radius 2 is 1.90 bits per heavy atom. The van der Waals surface area contributed by atoms with Gasteiger partial charge in [0.25, 0.3) is 5.91 Å². The Morgan fingerprint density at radius 3 is 2.52 bits per heavy atom. The minimum atomic E-state index is -0.0669. The van der Waals surface area contributed by atoms with E-state index < -0.39 is 0 Å². The van der Waals surface area contributed by atoms with Crippen LogP contribution in [0.2, 0.25) is 0 Å². The minimum absolute atomic E-state index is 0.0508. The Labute approximate surface area is 125 Å². The van der Waals surface area contributed by atoms with Gasteiger partial charge in [-0.1, -0.05) is 24.3 Å². The molecule has 1 aromatic rings. The second kappa shape index (κ2) is 7.47. The molecule has 0 atom stereocenters. The van der Waals surface area contributed by atoms with E-state index in [4.69, 9.17) is 0 Å². The lowest BCUT2D eigenvalue weighted by Crippen LogP contribution is -2.49. The van der Waals surface area contributed by atoms with Crippen molar-refractivity contribution >= 4 is 11.9 Å². The molecule has 0 saturated carbocycles. The van der Waals surface area contributed by atoms with Gasteiger partial charge in [-0.05, 0) is 25.0 Å². The number of rotatable bonds is 4. The fourth-order valence-electron chi connectivity index (χ4n) is 2.36. The smallest absolute Gasteiger partial charge is 0.317 e. The molecule has 1 aliphatic rings. The van der Waals surface area contributed by atoms with Gasteiger partial charge in [-0.3, -0.25) is 4.79 Å². The number of nitrogens with one attached hydrogen (secondary N) is 2. The van der Waals surface area contributed by atoms with E-state index in [1.165, 1.54) is 0 Å². The molecule has 0 spiro atoms. The van der Waals surface area contributed by atoms with Gasteiger partial charge in [-0.15, -0.1) is 6.58 Å². The minimum Gasteiger partial charge on any atom is -0.349 e. The number of piperidine rings is 1. The number of urea groups is 1. The quantitative estimate of drug-likeness (QED) is 0.829. The maximum Gasteiger partial charge on any atom is 0.317 e. The predicted octanol–water partition coefficient (Wildman–Crippen LogP) is 1.78. The van der Waals surface area contributed by atoms with Gasteiger partial charge in [0.15, 0.2) is 0 Å². The highest BCUT2D eigenvalue weighted by Gasteiger charge is 2.23.